The van der Waals surface area contributed by atoms with Gasteiger partial charge < -0.3 is 9.90 Å². The van der Waals surface area contributed by atoms with Gasteiger partial charge in [-0.05, 0) is 12.8 Å². The van der Waals surface area contributed by atoms with Crippen LogP contribution in [-0.2, 0) is 4.79 Å². The minimum Gasteiger partial charge on any atom is -0.389 e. The Balaban J connectivity index is 0. The van der Waals surface area contributed by atoms with Crippen molar-refractivity contribution in [3.05, 3.63) is 12.7 Å². The summed E-state index contributed by atoms with van der Waals surface area (Å²) in [6.45, 7) is 7.62. The van der Waals surface area contributed by atoms with Gasteiger partial charge in [0, 0.05) is 6.42 Å². The van der Waals surface area contributed by atoms with Crippen LogP contribution in [0.5, 0.6) is 0 Å². The van der Waals surface area contributed by atoms with Crippen molar-refractivity contribution in [2.24, 2.45) is 0 Å². The molecule has 0 saturated carbocycles. The maximum Gasteiger partial charge on any atom is 0.119 e. The summed E-state index contributed by atoms with van der Waals surface area (Å²) in [5.74, 6) is 0. The zero-order valence-electron chi connectivity index (χ0n) is 9.54. The van der Waals surface area contributed by atoms with Crippen molar-refractivity contribution in [2.75, 3.05) is 0 Å². The number of carbonyl (C=O) groups is 1. The first-order valence-electron chi connectivity index (χ1n) is 5.47. The molecular formula is C12H24O2. The number of unbranched alkanes of at least 4 members (excludes halogenated alkanes) is 3. The SMILES string of the molecule is C=CC(O)CCCCC.CCCC=O. The molecule has 84 valence electrons. The van der Waals surface area contributed by atoms with Crippen LogP contribution in [0.4, 0.5) is 0 Å². The molecule has 2 heteroatoms. The monoisotopic (exact) mass is 200 g/mol. The molecule has 0 aliphatic carbocycles. The normalized spacial score (nSPS) is 11.1. The zero-order chi connectivity index (χ0) is 11.2. The summed E-state index contributed by atoms with van der Waals surface area (Å²) in [6, 6.07) is 0. The zero-order valence-corrected chi connectivity index (χ0v) is 9.54. The van der Waals surface area contributed by atoms with Gasteiger partial charge >= 0.3 is 0 Å². The highest BCUT2D eigenvalue weighted by Gasteiger charge is 1.94. The standard InChI is InChI=1S/C8H16O.C4H8O/c1-3-5-6-7-8(9)4-2;1-2-3-4-5/h4,8-9H,2-3,5-7H2,1H3;4H,2-3H2,1H3. The molecule has 0 aromatic carbocycles. The van der Waals surface area contributed by atoms with Crippen LogP contribution in [0.25, 0.3) is 0 Å². The Morgan fingerprint density at radius 1 is 1.29 bits per heavy atom. The summed E-state index contributed by atoms with van der Waals surface area (Å²) in [6.07, 6.45) is 8.34. The van der Waals surface area contributed by atoms with E-state index in [9.17, 15) is 4.79 Å². The second kappa shape index (κ2) is 14.9. The lowest BCUT2D eigenvalue weighted by Crippen LogP contribution is -1.99. The molecule has 2 nitrogen and oxygen atoms in total. The Bertz CT molecular complexity index is 121. The van der Waals surface area contributed by atoms with Crippen LogP contribution >= 0.6 is 0 Å². The predicted octanol–water partition coefficient (Wildman–Crippen LogP) is 3.10. The molecule has 0 fully saturated rings. The number of aliphatic hydroxyl groups is 1. The number of rotatable bonds is 7. The largest absolute Gasteiger partial charge is 0.389 e. The molecule has 0 saturated heterocycles. The number of hydrogen-bond acceptors (Lipinski definition) is 2. The van der Waals surface area contributed by atoms with E-state index in [4.69, 9.17) is 5.11 Å². The molecule has 0 aromatic rings. The Hall–Kier alpha value is -0.630. The van der Waals surface area contributed by atoms with E-state index in [1.54, 1.807) is 6.08 Å². The Kier molecular flexibility index (Phi) is 16.8. The van der Waals surface area contributed by atoms with Crippen LogP contribution < -0.4 is 0 Å². The van der Waals surface area contributed by atoms with Gasteiger partial charge in [0.05, 0.1) is 6.10 Å². The summed E-state index contributed by atoms with van der Waals surface area (Å²) in [7, 11) is 0. The molecule has 0 rings (SSSR count). The van der Waals surface area contributed by atoms with E-state index in [0.717, 1.165) is 25.5 Å². The van der Waals surface area contributed by atoms with Gasteiger partial charge in [-0.3, -0.25) is 0 Å². The Morgan fingerprint density at radius 2 is 1.93 bits per heavy atom. The summed E-state index contributed by atoms with van der Waals surface area (Å²) < 4.78 is 0. The molecule has 0 radical (unpaired) electrons. The molecule has 0 aliphatic rings. The van der Waals surface area contributed by atoms with Crippen molar-refractivity contribution < 1.29 is 9.90 Å². The number of aliphatic hydroxyl groups excluding tert-OH is 1. The molecule has 0 spiro atoms. The van der Waals surface area contributed by atoms with Gasteiger partial charge in [-0.2, -0.15) is 0 Å². The van der Waals surface area contributed by atoms with Crippen LogP contribution in [0.1, 0.15) is 52.4 Å². The third-order valence-corrected chi connectivity index (χ3v) is 1.78. The number of carbonyl (C=O) groups excluding carboxylic acids is 1. The van der Waals surface area contributed by atoms with Crippen molar-refractivity contribution in [1.82, 2.24) is 0 Å². The smallest absolute Gasteiger partial charge is 0.119 e. The maximum absolute atomic E-state index is 9.40. The molecule has 0 aromatic heterocycles. The van der Waals surface area contributed by atoms with E-state index in [2.05, 4.69) is 13.5 Å². The molecule has 0 bridgehead atoms. The summed E-state index contributed by atoms with van der Waals surface area (Å²) in [4.78, 5) is 9.40. The molecular weight excluding hydrogens is 176 g/mol. The van der Waals surface area contributed by atoms with Gasteiger partial charge in [-0.25, -0.2) is 0 Å². The summed E-state index contributed by atoms with van der Waals surface area (Å²) in [5.41, 5.74) is 0. The number of aldehydes is 1. The Labute approximate surface area is 88.0 Å². The van der Waals surface area contributed by atoms with Crippen molar-refractivity contribution in [3.63, 3.8) is 0 Å². The van der Waals surface area contributed by atoms with Gasteiger partial charge in [0.25, 0.3) is 0 Å². The first-order chi connectivity index (χ1) is 6.72. The quantitative estimate of drug-likeness (QED) is 0.389. The van der Waals surface area contributed by atoms with E-state index in [1.165, 1.54) is 12.8 Å². The van der Waals surface area contributed by atoms with Gasteiger partial charge in [0.1, 0.15) is 6.29 Å². The minimum absolute atomic E-state index is 0.281. The van der Waals surface area contributed by atoms with Crippen molar-refractivity contribution in [1.29, 1.82) is 0 Å². The summed E-state index contributed by atoms with van der Waals surface area (Å²) in [5, 5.41) is 8.97. The van der Waals surface area contributed by atoms with Gasteiger partial charge in [0.15, 0.2) is 0 Å². The third-order valence-electron chi connectivity index (χ3n) is 1.78. The topological polar surface area (TPSA) is 37.3 Å². The average Bonchev–Trinajstić information content (AvgIpc) is 2.20. The fourth-order valence-corrected chi connectivity index (χ4v) is 0.839. The van der Waals surface area contributed by atoms with Crippen LogP contribution in [-0.4, -0.2) is 17.5 Å². The average molecular weight is 200 g/mol. The molecule has 0 aliphatic heterocycles. The minimum atomic E-state index is -0.281. The number of hydrogen-bond donors (Lipinski definition) is 1. The molecule has 0 heterocycles. The molecule has 1 unspecified atom stereocenters. The van der Waals surface area contributed by atoms with Gasteiger partial charge in [-0.15, -0.1) is 6.58 Å². The van der Waals surface area contributed by atoms with E-state index < -0.39 is 0 Å². The van der Waals surface area contributed by atoms with E-state index in [0.29, 0.717) is 6.42 Å². The van der Waals surface area contributed by atoms with Gasteiger partial charge in [0.2, 0.25) is 0 Å². The van der Waals surface area contributed by atoms with Crippen molar-refractivity contribution >= 4 is 6.29 Å². The fourth-order valence-electron chi connectivity index (χ4n) is 0.839. The van der Waals surface area contributed by atoms with Crippen LogP contribution in [0.2, 0.25) is 0 Å². The van der Waals surface area contributed by atoms with Crippen molar-refractivity contribution in [3.8, 4) is 0 Å². The fraction of sp³-hybridized carbons (Fsp3) is 0.750. The first-order valence-corrected chi connectivity index (χ1v) is 5.47. The molecule has 14 heavy (non-hydrogen) atoms. The van der Waals surface area contributed by atoms with E-state index in [-0.39, 0.29) is 6.10 Å². The lowest BCUT2D eigenvalue weighted by Gasteiger charge is -2.01. The summed E-state index contributed by atoms with van der Waals surface area (Å²) >= 11 is 0. The second-order valence-corrected chi connectivity index (χ2v) is 3.25. The van der Waals surface area contributed by atoms with Crippen LogP contribution in [0, 0.1) is 0 Å². The molecule has 1 N–H and O–H groups in total. The maximum atomic E-state index is 9.40. The first kappa shape index (κ1) is 15.8. The lowest BCUT2D eigenvalue weighted by molar-refractivity contribution is -0.107. The highest BCUT2D eigenvalue weighted by atomic mass is 16.3. The Morgan fingerprint density at radius 3 is 2.21 bits per heavy atom. The highest BCUT2D eigenvalue weighted by Crippen LogP contribution is 2.02. The molecule has 0 amide bonds. The molecule has 1 atom stereocenters. The second-order valence-electron chi connectivity index (χ2n) is 3.25. The van der Waals surface area contributed by atoms with Crippen LogP contribution in [0.3, 0.4) is 0 Å². The van der Waals surface area contributed by atoms with Crippen LogP contribution in [0.15, 0.2) is 12.7 Å². The third kappa shape index (κ3) is 17.5. The van der Waals surface area contributed by atoms with E-state index in [1.807, 2.05) is 6.92 Å². The van der Waals surface area contributed by atoms with Gasteiger partial charge in [-0.1, -0.05) is 39.2 Å². The predicted molar refractivity (Wildman–Crippen MR) is 61.3 cm³/mol. The van der Waals surface area contributed by atoms with E-state index >= 15 is 0 Å². The lowest BCUT2D eigenvalue weighted by atomic mass is 10.1. The highest BCUT2D eigenvalue weighted by molar-refractivity contribution is 5.48. The van der Waals surface area contributed by atoms with Crippen molar-refractivity contribution in [2.45, 2.75) is 58.5 Å².